The van der Waals surface area contributed by atoms with E-state index >= 15 is 0 Å². The van der Waals surface area contributed by atoms with Crippen LogP contribution >= 0.6 is 12.6 Å². The number of carbonyl (C=O) groups excluding carboxylic acids is 1. The number of benzene rings is 1. The number of hydrogen-bond acceptors (Lipinski definition) is 3. The van der Waals surface area contributed by atoms with Gasteiger partial charge in [0, 0.05) is 0 Å². The van der Waals surface area contributed by atoms with Gasteiger partial charge in [-0.25, -0.2) is 0 Å². The Kier molecular flexibility index (Phi) is 3.80. The minimum absolute atomic E-state index is 0.0957. The summed E-state index contributed by atoms with van der Waals surface area (Å²) in [4.78, 5) is 10.8. The molecule has 0 unspecified atom stereocenters. The molecule has 0 aromatic heterocycles. The minimum atomic E-state index is -4.90. The molecule has 7 heteroatoms. The number of hydrogen-bond donors (Lipinski definition) is 1. The Bertz CT molecular complexity index is 431. The monoisotopic (exact) mass is 246 g/mol. The molecule has 1 aromatic carbocycles. The van der Waals surface area contributed by atoms with E-state index < -0.39 is 17.5 Å². The number of halogens is 3. The first-order chi connectivity index (χ1) is 7.36. The molecule has 0 aliphatic rings. The van der Waals surface area contributed by atoms with Gasteiger partial charge in [-0.05, 0) is 0 Å². The van der Waals surface area contributed by atoms with Crippen molar-refractivity contribution in [1.29, 1.82) is 0 Å². The molecule has 0 atom stereocenters. The van der Waals surface area contributed by atoms with E-state index in [1.165, 1.54) is 12.1 Å². The molecular formula is C9H6BF3O2S. The van der Waals surface area contributed by atoms with Crippen molar-refractivity contribution in [3.8, 4) is 5.75 Å². The van der Waals surface area contributed by atoms with Crippen molar-refractivity contribution in [1.82, 2.24) is 0 Å². The van der Waals surface area contributed by atoms with E-state index in [4.69, 9.17) is 4.74 Å². The van der Waals surface area contributed by atoms with Gasteiger partial charge in [-0.1, -0.05) is 0 Å². The van der Waals surface area contributed by atoms with Gasteiger partial charge < -0.3 is 0 Å². The fourth-order valence-corrected chi connectivity index (χ4v) is 1.33. The van der Waals surface area contributed by atoms with Gasteiger partial charge in [0.1, 0.15) is 0 Å². The van der Waals surface area contributed by atoms with Crippen molar-refractivity contribution in [2.45, 2.75) is 11.1 Å². The zero-order valence-corrected chi connectivity index (χ0v) is 8.81. The maximum atomic E-state index is 12.1. The van der Waals surface area contributed by atoms with Gasteiger partial charge in [0.25, 0.3) is 0 Å². The third kappa shape index (κ3) is 2.88. The van der Waals surface area contributed by atoms with Crippen molar-refractivity contribution in [3.05, 3.63) is 23.8 Å². The van der Waals surface area contributed by atoms with Gasteiger partial charge in [0.15, 0.2) is 0 Å². The van der Waals surface area contributed by atoms with E-state index in [1.54, 1.807) is 0 Å². The van der Waals surface area contributed by atoms with E-state index in [0.29, 0.717) is 0 Å². The Balaban J connectivity index is 3.08. The van der Waals surface area contributed by atoms with Crippen LogP contribution in [0.25, 0.3) is 0 Å². The van der Waals surface area contributed by atoms with E-state index in [2.05, 4.69) is 20.1 Å². The summed E-state index contributed by atoms with van der Waals surface area (Å²) in [5.41, 5.74) is -0.507. The zero-order chi connectivity index (χ0) is 12.3. The molecule has 84 valence electrons. The van der Waals surface area contributed by atoms with Gasteiger partial charge in [-0.2, -0.15) is 0 Å². The SMILES string of the molecule is B=COc1ccc(C(=O)C(F)(F)F)c(S)c1. The second-order valence-electron chi connectivity index (χ2n) is 2.79. The molecule has 2 nitrogen and oxygen atoms in total. The fourth-order valence-electron chi connectivity index (χ4n) is 1.03. The van der Waals surface area contributed by atoms with Crippen molar-refractivity contribution in [3.63, 3.8) is 0 Å². The number of rotatable bonds is 3. The van der Waals surface area contributed by atoms with Gasteiger partial charge in [0.2, 0.25) is 0 Å². The van der Waals surface area contributed by atoms with Crippen molar-refractivity contribution in [2.75, 3.05) is 0 Å². The van der Waals surface area contributed by atoms with Crippen molar-refractivity contribution in [2.24, 2.45) is 0 Å². The molecule has 0 N–H and O–H groups in total. The van der Waals surface area contributed by atoms with Gasteiger partial charge in [-0.3, -0.25) is 0 Å². The molecule has 1 aromatic rings. The molecule has 0 radical (unpaired) electrons. The predicted molar refractivity (Wildman–Crippen MR) is 57.9 cm³/mol. The third-order valence-electron chi connectivity index (χ3n) is 1.69. The van der Waals surface area contributed by atoms with E-state index in [0.717, 1.165) is 12.2 Å². The maximum absolute atomic E-state index is 12.1. The summed E-state index contributed by atoms with van der Waals surface area (Å²) in [7, 11) is 3.29. The third-order valence-corrected chi connectivity index (χ3v) is 2.06. The Morgan fingerprint density at radius 1 is 1.44 bits per heavy atom. The molecule has 0 heterocycles. The van der Waals surface area contributed by atoms with Gasteiger partial charge >= 0.3 is 95.3 Å². The molecule has 0 saturated carbocycles. The molecule has 0 fully saturated rings. The first kappa shape index (κ1) is 12.8. The normalized spacial score (nSPS) is 10.9. The van der Waals surface area contributed by atoms with Gasteiger partial charge in [-0.15, -0.1) is 0 Å². The van der Waals surface area contributed by atoms with Crippen LogP contribution in [0.15, 0.2) is 23.1 Å². The number of Topliss-reactive ketones (excluding diaryl/α,β-unsaturated/α-hetero) is 1. The Morgan fingerprint density at radius 3 is 2.50 bits per heavy atom. The zero-order valence-electron chi connectivity index (χ0n) is 7.91. The first-order valence-electron chi connectivity index (χ1n) is 4.08. The molecule has 0 amide bonds. The summed E-state index contributed by atoms with van der Waals surface area (Å²) >= 11 is 3.80. The van der Waals surface area contributed by atoms with E-state index in [9.17, 15) is 18.0 Å². The predicted octanol–water partition coefficient (Wildman–Crippen LogP) is 1.76. The van der Waals surface area contributed by atoms with Crippen LogP contribution in [0.5, 0.6) is 5.75 Å². The topological polar surface area (TPSA) is 26.3 Å². The van der Waals surface area contributed by atoms with E-state index in [-0.39, 0.29) is 10.6 Å². The van der Waals surface area contributed by atoms with Crippen molar-refractivity contribution < 1.29 is 22.7 Å². The van der Waals surface area contributed by atoms with Crippen LogP contribution < -0.4 is 4.74 Å². The van der Waals surface area contributed by atoms with Crippen LogP contribution in [0.1, 0.15) is 10.4 Å². The Labute approximate surface area is 95.9 Å². The summed E-state index contributed by atoms with van der Waals surface area (Å²) < 4.78 is 41.2. The summed E-state index contributed by atoms with van der Waals surface area (Å²) in [6.07, 6.45) is -3.79. The summed E-state index contributed by atoms with van der Waals surface area (Å²) in [6.45, 7) is 0. The molecule has 0 aliphatic carbocycles. The van der Waals surface area contributed by atoms with E-state index in [1.807, 2.05) is 0 Å². The second-order valence-corrected chi connectivity index (χ2v) is 3.27. The number of thiol groups is 1. The average Bonchev–Trinajstić information content (AvgIpc) is 2.16. The summed E-state index contributed by atoms with van der Waals surface area (Å²) in [5.74, 6) is -1.67. The standard InChI is InChI=1S/C9H6BF3O2S/c10-4-15-5-1-2-6(7(16)3-5)8(14)9(11,12)13/h1-4,10,16H. The number of carbonyl (C=O) groups is 1. The molecule has 16 heavy (non-hydrogen) atoms. The summed E-state index contributed by atoms with van der Waals surface area (Å²) in [5, 5.41) is 0. The molecule has 1 rings (SSSR count). The van der Waals surface area contributed by atoms with Crippen LogP contribution in [0, 0.1) is 0 Å². The Morgan fingerprint density at radius 2 is 2.06 bits per heavy atom. The van der Waals surface area contributed by atoms with Gasteiger partial charge in [0.05, 0.1) is 0 Å². The van der Waals surface area contributed by atoms with Crippen LogP contribution in [-0.2, 0) is 0 Å². The quantitative estimate of drug-likeness (QED) is 0.499. The average molecular weight is 246 g/mol. The van der Waals surface area contributed by atoms with Crippen molar-refractivity contribution >= 4 is 32.1 Å². The molecule has 0 spiro atoms. The first-order valence-corrected chi connectivity index (χ1v) is 4.53. The van der Waals surface area contributed by atoms with Crippen LogP contribution in [-0.4, -0.2) is 25.6 Å². The van der Waals surface area contributed by atoms with Crippen LogP contribution in [0.2, 0.25) is 0 Å². The summed E-state index contributed by atoms with van der Waals surface area (Å²) in [6, 6.07) is 3.46. The molecular weight excluding hydrogens is 240 g/mol. The second kappa shape index (κ2) is 4.73. The number of alkyl halides is 3. The fraction of sp³-hybridized carbons (Fsp3) is 0.111. The molecule has 0 aliphatic heterocycles. The molecule has 0 saturated heterocycles. The number of ether oxygens (including phenoxy) is 1. The van der Waals surface area contributed by atoms with Crippen LogP contribution in [0.4, 0.5) is 13.2 Å². The number of ketones is 1. The van der Waals surface area contributed by atoms with Crippen LogP contribution in [0.3, 0.4) is 0 Å². The Hall–Kier alpha value is -1.24. The molecule has 0 bridgehead atoms.